The number of rotatable bonds is 5. The van der Waals surface area contributed by atoms with E-state index in [1.165, 1.54) is 11.1 Å². The average Bonchev–Trinajstić information content (AvgIpc) is 3.03. The maximum absolute atomic E-state index is 12.9. The third kappa shape index (κ3) is 3.55. The zero-order chi connectivity index (χ0) is 17.1. The molecular formula is C20H23BrN2O. The number of anilines is 1. The van der Waals surface area contributed by atoms with Crippen molar-refractivity contribution in [1.82, 2.24) is 5.32 Å². The summed E-state index contributed by atoms with van der Waals surface area (Å²) >= 11 is 3.47. The van der Waals surface area contributed by atoms with Gasteiger partial charge in [0, 0.05) is 22.7 Å². The number of nitrogens with zero attached hydrogens (tertiary/aromatic N) is 1. The molecule has 0 fully saturated rings. The molecule has 1 aliphatic heterocycles. The molecule has 0 aliphatic carbocycles. The van der Waals surface area contributed by atoms with Crippen molar-refractivity contribution in [3.05, 3.63) is 64.1 Å². The second kappa shape index (κ2) is 7.49. The van der Waals surface area contributed by atoms with Crippen LogP contribution in [0.3, 0.4) is 0 Å². The van der Waals surface area contributed by atoms with Crippen LogP contribution in [0.2, 0.25) is 0 Å². The molecule has 0 aromatic heterocycles. The fourth-order valence-electron chi connectivity index (χ4n) is 3.32. The number of fused-ring (bicyclic) bond motifs is 1. The van der Waals surface area contributed by atoms with Crippen molar-refractivity contribution in [1.29, 1.82) is 0 Å². The van der Waals surface area contributed by atoms with Gasteiger partial charge in [-0.25, -0.2) is 0 Å². The maximum atomic E-state index is 12.9. The highest BCUT2D eigenvalue weighted by Gasteiger charge is 2.28. The first-order valence-corrected chi connectivity index (χ1v) is 9.30. The molecule has 126 valence electrons. The van der Waals surface area contributed by atoms with Gasteiger partial charge < -0.3 is 4.90 Å². The summed E-state index contributed by atoms with van der Waals surface area (Å²) in [6, 6.07) is 16.4. The predicted molar refractivity (Wildman–Crippen MR) is 102 cm³/mol. The summed E-state index contributed by atoms with van der Waals surface area (Å²) in [5.74, 6) is 0.149. The van der Waals surface area contributed by atoms with Crippen LogP contribution in [0.4, 0.5) is 5.69 Å². The number of para-hydroxylation sites is 1. The van der Waals surface area contributed by atoms with Gasteiger partial charge in [-0.15, -0.1) is 0 Å². The molecule has 3 rings (SSSR count). The molecule has 1 amide bonds. The molecule has 2 aromatic carbocycles. The number of hydrogen-bond donors (Lipinski definition) is 1. The normalized spacial score (nSPS) is 15.9. The fraction of sp³-hybridized carbons (Fsp3) is 0.350. The second-order valence-electron chi connectivity index (χ2n) is 6.27. The summed E-state index contributed by atoms with van der Waals surface area (Å²) in [4.78, 5) is 14.8. The first-order chi connectivity index (χ1) is 11.6. The summed E-state index contributed by atoms with van der Waals surface area (Å²) in [7, 11) is 0. The van der Waals surface area contributed by atoms with Crippen molar-refractivity contribution in [2.75, 3.05) is 11.4 Å². The quantitative estimate of drug-likeness (QED) is 0.821. The molecule has 1 heterocycles. The van der Waals surface area contributed by atoms with E-state index in [-0.39, 0.29) is 18.0 Å². The molecule has 24 heavy (non-hydrogen) atoms. The van der Waals surface area contributed by atoms with E-state index in [1.54, 1.807) is 0 Å². The number of carbonyl (C=O) groups excluding carboxylic acids is 1. The highest BCUT2D eigenvalue weighted by atomic mass is 79.9. The summed E-state index contributed by atoms with van der Waals surface area (Å²) in [6.07, 6.45) is 1.88. The van der Waals surface area contributed by atoms with Crippen LogP contribution in [0, 0.1) is 0 Å². The first kappa shape index (κ1) is 17.2. The van der Waals surface area contributed by atoms with Crippen LogP contribution in [0.1, 0.15) is 37.4 Å². The fourth-order valence-corrected chi connectivity index (χ4v) is 3.58. The van der Waals surface area contributed by atoms with Gasteiger partial charge in [0.25, 0.3) is 0 Å². The number of nitrogens with one attached hydrogen (secondary N) is 1. The highest BCUT2D eigenvalue weighted by Crippen LogP contribution is 2.28. The number of carbonyl (C=O) groups is 1. The molecular weight excluding hydrogens is 364 g/mol. The Balaban J connectivity index is 1.71. The van der Waals surface area contributed by atoms with Crippen molar-refractivity contribution >= 4 is 27.5 Å². The van der Waals surface area contributed by atoms with E-state index < -0.39 is 0 Å². The zero-order valence-corrected chi connectivity index (χ0v) is 15.7. The Morgan fingerprint density at radius 2 is 1.92 bits per heavy atom. The van der Waals surface area contributed by atoms with Gasteiger partial charge in [0.05, 0.1) is 6.04 Å². The van der Waals surface area contributed by atoms with E-state index in [0.717, 1.165) is 29.5 Å². The second-order valence-corrected chi connectivity index (χ2v) is 7.19. The van der Waals surface area contributed by atoms with Crippen LogP contribution in [0.25, 0.3) is 0 Å². The van der Waals surface area contributed by atoms with Gasteiger partial charge in [-0.05, 0) is 49.1 Å². The molecule has 1 N–H and O–H groups in total. The van der Waals surface area contributed by atoms with Crippen LogP contribution in [-0.2, 0) is 11.2 Å². The van der Waals surface area contributed by atoms with Crippen molar-refractivity contribution in [3.63, 3.8) is 0 Å². The minimum atomic E-state index is -0.218. The topological polar surface area (TPSA) is 32.3 Å². The van der Waals surface area contributed by atoms with Crippen LogP contribution in [0.5, 0.6) is 0 Å². The largest absolute Gasteiger partial charge is 0.310 e. The van der Waals surface area contributed by atoms with Gasteiger partial charge >= 0.3 is 0 Å². The molecule has 0 saturated heterocycles. The molecule has 3 nitrogen and oxygen atoms in total. The van der Waals surface area contributed by atoms with Crippen molar-refractivity contribution in [2.24, 2.45) is 0 Å². The molecule has 2 atom stereocenters. The Morgan fingerprint density at radius 1 is 1.21 bits per heavy atom. The number of halogens is 1. The van der Waals surface area contributed by atoms with E-state index in [9.17, 15) is 4.79 Å². The van der Waals surface area contributed by atoms with Crippen molar-refractivity contribution in [2.45, 2.75) is 38.8 Å². The van der Waals surface area contributed by atoms with Crippen LogP contribution < -0.4 is 10.2 Å². The molecule has 2 aromatic rings. The summed E-state index contributed by atoms with van der Waals surface area (Å²) in [5.41, 5.74) is 3.54. The third-order valence-electron chi connectivity index (χ3n) is 4.66. The minimum Gasteiger partial charge on any atom is -0.310 e. The molecule has 0 spiro atoms. The molecule has 0 bridgehead atoms. The van der Waals surface area contributed by atoms with E-state index in [1.807, 2.05) is 42.2 Å². The van der Waals surface area contributed by atoms with E-state index in [4.69, 9.17) is 0 Å². The average molecular weight is 387 g/mol. The van der Waals surface area contributed by atoms with Gasteiger partial charge in [-0.1, -0.05) is 53.2 Å². The predicted octanol–water partition coefficient (Wildman–Crippen LogP) is 4.47. The minimum absolute atomic E-state index is 0.149. The highest BCUT2D eigenvalue weighted by molar-refractivity contribution is 9.10. The van der Waals surface area contributed by atoms with Gasteiger partial charge in [-0.3, -0.25) is 10.1 Å². The van der Waals surface area contributed by atoms with Crippen LogP contribution in [-0.4, -0.2) is 18.5 Å². The molecule has 0 radical (unpaired) electrons. The molecule has 0 unspecified atom stereocenters. The van der Waals surface area contributed by atoms with E-state index in [2.05, 4.69) is 46.4 Å². The number of hydrogen-bond acceptors (Lipinski definition) is 2. The van der Waals surface area contributed by atoms with Crippen molar-refractivity contribution in [3.8, 4) is 0 Å². The van der Waals surface area contributed by atoms with Crippen LogP contribution in [0.15, 0.2) is 53.0 Å². The lowest BCUT2D eigenvalue weighted by molar-refractivity contribution is -0.120. The molecule has 4 heteroatoms. The summed E-state index contributed by atoms with van der Waals surface area (Å²) in [5, 5.41) is 3.50. The monoisotopic (exact) mass is 386 g/mol. The van der Waals surface area contributed by atoms with E-state index >= 15 is 0 Å². The lowest BCUT2D eigenvalue weighted by Crippen LogP contribution is -2.45. The van der Waals surface area contributed by atoms with Gasteiger partial charge in [0.1, 0.15) is 0 Å². The number of amides is 1. The van der Waals surface area contributed by atoms with Crippen molar-refractivity contribution < 1.29 is 4.79 Å². The Hall–Kier alpha value is -1.65. The van der Waals surface area contributed by atoms with Crippen LogP contribution >= 0.6 is 15.9 Å². The summed E-state index contributed by atoms with van der Waals surface area (Å²) < 4.78 is 1.07. The SMILES string of the molecule is CC[C@H](N[C@@H](C)C(=O)N1CCc2ccccc21)c1ccc(Br)cc1. The Morgan fingerprint density at radius 3 is 2.62 bits per heavy atom. The summed E-state index contributed by atoms with van der Waals surface area (Å²) in [6.45, 7) is 4.88. The Labute approximate surface area is 152 Å². The molecule has 0 saturated carbocycles. The Bertz CT molecular complexity index is 714. The zero-order valence-electron chi connectivity index (χ0n) is 14.1. The molecule has 1 aliphatic rings. The van der Waals surface area contributed by atoms with Gasteiger partial charge in [0.2, 0.25) is 5.91 Å². The first-order valence-electron chi connectivity index (χ1n) is 8.51. The van der Waals surface area contributed by atoms with Gasteiger partial charge in [-0.2, -0.15) is 0 Å². The lowest BCUT2D eigenvalue weighted by atomic mass is 10.0. The van der Waals surface area contributed by atoms with E-state index in [0.29, 0.717) is 0 Å². The third-order valence-corrected chi connectivity index (χ3v) is 5.18. The maximum Gasteiger partial charge on any atom is 0.243 e. The lowest BCUT2D eigenvalue weighted by Gasteiger charge is -2.26. The van der Waals surface area contributed by atoms with Gasteiger partial charge in [0.15, 0.2) is 0 Å². The number of benzene rings is 2. The standard InChI is InChI=1S/C20H23BrN2O/c1-3-18(15-8-10-17(21)11-9-15)22-14(2)20(24)23-13-12-16-6-4-5-7-19(16)23/h4-11,14,18,22H,3,12-13H2,1-2H3/t14-,18-/m0/s1. The Kier molecular flexibility index (Phi) is 5.36. The smallest absolute Gasteiger partial charge is 0.243 e.